The first-order valence-electron chi connectivity index (χ1n) is 9.01. The maximum Gasteiger partial charge on any atom is 0.125 e. The minimum absolute atomic E-state index is 0.865. The first kappa shape index (κ1) is 17.3. The lowest BCUT2D eigenvalue weighted by molar-refractivity contribution is 0.878. The van der Waals surface area contributed by atoms with Crippen LogP contribution in [0.3, 0.4) is 0 Å². The molecule has 0 atom stereocenters. The fraction of sp³-hybridized carbons (Fsp3) is 0.304. The van der Waals surface area contributed by atoms with E-state index in [0.29, 0.717) is 0 Å². The molecule has 0 spiro atoms. The fourth-order valence-electron chi connectivity index (χ4n) is 3.25. The summed E-state index contributed by atoms with van der Waals surface area (Å²) in [6.07, 6.45) is 2.79. The average Bonchev–Trinajstić information content (AvgIpc) is 2.60. The van der Waals surface area contributed by atoms with E-state index < -0.39 is 0 Å². The molecule has 1 aromatic heterocycles. The number of hydrogen-bond acceptors (Lipinski definition) is 2. The van der Waals surface area contributed by atoms with Crippen molar-refractivity contribution in [3.05, 3.63) is 93.6 Å². The summed E-state index contributed by atoms with van der Waals surface area (Å²) in [6, 6.07) is 17.7. The first-order chi connectivity index (χ1) is 12.0. The Bertz CT molecular complexity index is 864. The SMILES string of the molecule is CCc1nc(C)nc(Cc2cccc(Cc3ccc(C)cc3)c2)c1C. The van der Waals surface area contributed by atoms with E-state index in [-0.39, 0.29) is 0 Å². The number of benzene rings is 2. The molecule has 0 radical (unpaired) electrons. The lowest BCUT2D eigenvalue weighted by Gasteiger charge is -2.11. The third-order valence-electron chi connectivity index (χ3n) is 4.69. The summed E-state index contributed by atoms with van der Waals surface area (Å²) >= 11 is 0. The summed E-state index contributed by atoms with van der Waals surface area (Å²) in [5, 5.41) is 0. The van der Waals surface area contributed by atoms with Gasteiger partial charge in [-0.25, -0.2) is 9.97 Å². The van der Waals surface area contributed by atoms with Gasteiger partial charge in [0.25, 0.3) is 0 Å². The lowest BCUT2D eigenvalue weighted by Crippen LogP contribution is -2.05. The van der Waals surface area contributed by atoms with E-state index >= 15 is 0 Å². The standard InChI is InChI=1S/C23H26N2/c1-5-22-17(3)23(25-18(4)24-22)15-21-8-6-7-20(14-21)13-19-11-9-16(2)10-12-19/h6-12,14H,5,13,15H2,1-4H3. The van der Waals surface area contributed by atoms with Crippen LogP contribution in [0.1, 0.15) is 52.0 Å². The molecule has 0 saturated heterocycles. The molecule has 0 fully saturated rings. The van der Waals surface area contributed by atoms with Crippen molar-refractivity contribution in [1.29, 1.82) is 0 Å². The highest BCUT2D eigenvalue weighted by atomic mass is 14.9. The summed E-state index contributed by atoms with van der Waals surface area (Å²) in [6.45, 7) is 8.40. The van der Waals surface area contributed by atoms with E-state index in [2.05, 4.69) is 79.3 Å². The molecule has 0 aliphatic carbocycles. The molecule has 25 heavy (non-hydrogen) atoms. The number of rotatable bonds is 5. The van der Waals surface area contributed by atoms with Gasteiger partial charge in [-0.3, -0.25) is 0 Å². The van der Waals surface area contributed by atoms with E-state index in [1.165, 1.54) is 33.5 Å². The van der Waals surface area contributed by atoms with Crippen molar-refractivity contribution >= 4 is 0 Å². The topological polar surface area (TPSA) is 25.8 Å². The molecule has 0 bridgehead atoms. The predicted octanol–water partition coefficient (Wildman–Crippen LogP) is 5.15. The molecular formula is C23H26N2. The molecule has 1 heterocycles. The highest BCUT2D eigenvalue weighted by molar-refractivity contribution is 5.34. The highest BCUT2D eigenvalue weighted by Gasteiger charge is 2.09. The Morgan fingerprint density at radius 1 is 0.720 bits per heavy atom. The summed E-state index contributed by atoms with van der Waals surface area (Å²) in [5.41, 5.74) is 8.87. The molecule has 3 aromatic rings. The molecule has 3 rings (SSSR count). The quantitative estimate of drug-likeness (QED) is 0.647. The van der Waals surface area contributed by atoms with Crippen LogP contribution in [-0.2, 0) is 19.3 Å². The van der Waals surface area contributed by atoms with Crippen LogP contribution in [0.2, 0.25) is 0 Å². The summed E-state index contributed by atoms with van der Waals surface area (Å²) in [5.74, 6) is 0.869. The van der Waals surface area contributed by atoms with Gasteiger partial charge in [0.15, 0.2) is 0 Å². The number of nitrogens with zero attached hydrogens (tertiary/aromatic N) is 2. The largest absolute Gasteiger partial charge is 0.238 e. The Morgan fingerprint density at radius 3 is 2.04 bits per heavy atom. The number of aromatic nitrogens is 2. The number of aryl methyl sites for hydroxylation is 3. The van der Waals surface area contributed by atoms with Crippen LogP contribution in [0.25, 0.3) is 0 Å². The van der Waals surface area contributed by atoms with Crippen LogP contribution in [0, 0.1) is 20.8 Å². The average molecular weight is 330 g/mol. The maximum atomic E-state index is 4.69. The van der Waals surface area contributed by atoms with Gasteiger partial charge in [-0.05, 0) is 55.9 Å². The van der Waals surface area contributed by atoms with Crippen molar-refractivity contribution in [2.45, 2.75) is 47.0 Å². The molecule has 128 valence electrons. The molecule has 0 N–H and O–H groups in total. The molecule has 2 heteroatoms. The zero-order valence-corrected chi connectivity index (χ0v) is 15.6. The second-order valence-corrected chi connectivity index (χ2v) is 6.80. The summed E-state index contributed by atoms with van der Waals surface area (Å²) in [4.78, 5) is 9.25. The van der Waals surface area contributed by atoms with Gasteiger partial charge in [0.2, 0.25) is 0 Å². The Morgan fingerprint density at radius 2 is 1.36 bits per heavy atom. The Balaban J connectivity index is 1.82. The van der Waals surface area contributed by atoms with Crippen molar-refractivity contribution in [1.82, 2.24) is 9.97 Å². The van der Waals surface area contributed by atoms with Crippen LogP contribution in [0.4, 0.5) is 0 Å². The first-order valence-corrected chi connectivity index (χ1v) is 9.01. The van der Waals surface area contributed by atoms with E-state index in [1.54, 1.807) is 0 Å². The van der Waals surface area contributed by atoms with Crippen molar-refractivity contribution < 1.29 is 0 Å². The van der Waals surface area contributed by atoms with Gasteiger partial charge in [-0.2, -0.15) is 0 Å². The van der Waals surface area contributed by atoms with E-state index in [1.807, 2.05) is 6.92 Å². The minimum atomic E-state index is 0.865. The third kappa shape index (κ3) is 4.33. The lowest BCUT2D eigenvalue weighted by atomic mass is 9.98. The predicted molar refractivity (Wildman–Crippen MR) is 104 cm³/mol. The second-order valence-electron chi connectivity index (χ2n) is 6.80. The third-order valence-corrected chi connectivity index (χ3v) is 4.69. The van der Waals surface area contributed by atoms with Crippen LogP contribution >= 0.6 is 0 Å². The Kier molecular flexibility index (Phi) is 5.28. The molecule has 0 aliphatic heterocycles. The molecule has 2 nitrogen and oxygen atoms in total. The fourth-order valence-corrected chi connectivity index (χ4v) is 3.25. The Hall–Kier alpha value is -2.48. The van der Waals surface area contributed by atoms with Gasteiger partial charge in [-0.15, -0.1) is 0 Å². The van der Waals surface area contributed by atoms with Gasteiger partial charge < -0.3 is 0 Å². The molecule has 0 unspecified atom stereocenters. The maximum absolute atomic E-state index is 4.69. The van der Waals surface area contributed by atoms with E-state index in [4.69, 9.17) is 0 Å². The smallest absolute Gasteiger partial charge is 0.125 e. The molecular weight excluding hydrogens is 304 g/mol. The van der Waals surface area contributed by atoms with Crippen LogP contribution < -0.4 is 0 Å². The second kappa shape index (κ2) is 7.60. The zero-order valence-electron chi connectivity index (χ0n) is 15.6. The zero-order chi connectivity index (χ0) is 17.8. The molecule has 0 saturated carbocycles. The van der Waals surface area contributed by atoms with E-state index in [9.17, 15) is 0 Å². The normalized spacial score (nSPS) is 10.9. The van der Waals surface area contributed by atoms with E-state index in [0.717, 1.165) is 30.8 Å². The van der Waals surface area contributed by atoms with Crippen LogP contribution in [-0.4, -0.2) is 9.97 Å². The van der Waals surface area contributed by atoms with Crippen LogP contribution in [0.5, 0.6) is 0 Å². The monoisotopic (exact) mass is 330 g/mol. The van der Waals surface area contributed by atoms with Crippen molar-refractivity contribution in [3.63, 3.8) is 0 Å². The summed E-state index contributed by atoms with van der Waals surface area (Å²) < 4.78 is 0. The van der Waals surface area contributed by atoms with Crippen LogP contribution in [0.15, 0.2) is 48.5 Å². The minimum Gasteiger partial charge on any atom is -0.238 e. The molecule has 0 aliphatic rings. The van der Waals surface area contributed by atoms with Crippen molar-refractivity contribution in [2.24, 2.45) is 0 Å². The highest BCUT2D eigenvalue weighted by Crippen LogP contribution is 2.18. The van der Waals surface area contributed by atoms with Crippen molar-refractivity contribution in [3.8, 4) is 0 Å². The summed E-state index contributed by atoms with van der Waals surface area (Å²) in [7, 11) is 0. The molecule has 2 aromatic carbocycles. The van der Waals surface area contributed by atoms with Gasteiger partial charge in [0.05, 0.1) is 5.69 Å². The van der Waals surface area contributed by atoms with Crippen molar-refractivity contribution in [2.75, 3.05) is 0 Å². The van der Waals surface area contributed by atoms with Gasteiger partial charge in [-0.1, -0.05) is 61.0 Å². The number of hydrogen-bond donors (Lipinski definition) is 0. The van der Waals surface area contributed by atoms with Gasteiger partial charge >= 0.3 is 0 Å². The Labute approximate surface area is 151 Å². The van der Waals surface area contributed by atoms with Gasteiger partial charge in [0, 0.05) is 12.1 Å². The van der Waals surface area contributed by atoms with Gasteiger partial charge in [0.1, 0.15) is 5.82 Å². The molecule has 0 amide bonds.